The summed E-state index contributed by atoms with van der Waals surface area (Å²) in [7, 11) is 1.79. The fourth-order valence-corrected chi connectivity index (χ4v) is 3.48. The average Bonchev–Trinajstić information content (AvgIpc) is 2.63. The summed E-state index contributed by atoms with van der Waals surface area (Å²) < 4.78 is 7.72. The van der Waals surface area contributed by atoms with E-state index in [4.69, 9.17) is 10.5 Å². The van der Waals surface area contributed by atoms with Gasteiger partial charge >= 0.3 is 0 Å². The zero-order chi connectivity index (χ0) is 18.8. The van der Waals surface area contributed by atoms with Crippen molar-refractivity contribution in [1.29, 1.82) is 0 Å². The van der Waals surface area contributed by atoms with Gasteiger partial charge in [0.15, 0.2) is 0 Å². The Bertz CT molecular complexity index is 992. The molecule has 5 nitrogen and oxygen atoms in total. The first-order valence-corrected chi connectivity index (χ1v) is 9.20. The molecule has 0 bridgehead atoms. The van der Waals surface area contributed by atoms with Crippen LogP contribution in [0.5, 0.6) is 5.75 Å². The van der Waals surface area contributed by atoms with Crippen molar-refractivity contribution in [1.82, 2.24) is 9.55 Å². The van der Waals surface area contributed by atoms with E-state index in [2.05, 4.69) is 31.8 Å². The Hall–Kier alpha value is -2.40. The number of pyridine rings is 2. The van der Waals surface area contributed by atoms with Crippen molar-refractivity contribution in [3.8, 4) is 5.75 Å². The lowest BCUT2D eigenvalue weighted by Gasteiger charge is -2.18. The highest BCUT2D eigenvalue weighted by atomic mass is 16.5. The molecular formula is C21H27N3O2. The molecule has 2 heterocycles. The molecule has 138 valence electrons. The Balaban J connectivity index is 2.10. The van der Waals surface area contributed by atoms with E-state index in [1.54, 1.807) is 24.0 Å². The van der Waals surface area contributed by atoms with Crippen LogP contribution in [0.2, 0.25) is 0 Å². The highest BCUT2D eigenvalue weighted by Crippen LogP contribution is 2.30. The van der Waals surface area contributed by atoms with Gasteiger partial charge < -0.3 is 15.0 Å². The van der Waals surface area contributed by atoms with Gasteiger partial charge in [0.05, 0.1) is 10.9 Å². The van der Waals surface area contributed by atoms with Gasteiger partial charge in [-0.05, 0) is 41.8 Å². The third-order valence-corrected chi connectivity index (χ3v) is 4.79. The molecule has 3 rings (SSSR count). The fraction of sp³-hybridized carbons (Fsp3) is 0.429. The van der Waals surface area contributed by atoms with Gasteiger partial charge in [-0.15, -0.1) is 0 Å². The van der Waals surface area contributed by atoms with E-state index in [0.29, 0.717) is 17.9 Å². The van der Waals surface area contributed by atoms with Gasteiger partial charge in [-0.2, -0.15) is 0 Å². The van der Waals surface area contributed by atoms with Gasteiger partial charge in [-0.25, -0.2) is 0 Å². The van der Waals surface area contributed by atoms with Crippen molar-refractivity contribution in [2.45, 2.75) is 39.7 Å². The molecule has 0 aliphatic carbocycles. The molecule has 0 amide bonds. The second-order valence-corrected chi connectivity index (χ2v) is 7.32. The predicted octanol–water partition coefficient (Wildman–Crippen LogP) is 3.40. The van der Waals surface area contributed by atoms with E-state index in [0.717, 1.165) is 40.4 Å². The molecule has 3 aromatic rings. The quantitative estimate of drug-likeness (QED) is 0.690. The minimum absolute atomic E-state index is 0.00176. The third kappa shape index (κ3) is 3.44. The molecule has 1 aromatic carbocycles. The molecule has 0 fully saturated rings. The molecule has 1 atom stereocenters. The number of aromatic nitrogens is 2. The number of hydrogen-bond donors (Lipinski definition) is 1. The summed E-state index contributed by atoms with van der Waals surface area (Å²) in [5.41, 5.74) is 8.10. The monoisotopic (exact) mass is 353 g/mol. The molecule has 0 saturated heterocycles. The van der Waals surface area contributed by atoms with E-state index in [9.17, 15) is 4.79 Å². The van der Waals surface area contributed by atoms with E-state index >= 15 is 0 Å². The molecule has 0 spiro atoms. The van der Waals surface area contributed by atoms with Gasteiger partial charge in [0.1, 0.15) is 12.4 Å². The minimum Gasteiger partial charge on any atom is -0.492 e. The number of rotatable bonds is 6. The van der Waals surface area contributed by atoms with E-state index < -0.39 is 0 Å². The van der Waals surface area contributed by atoms with Gasteiger partial charge in [0.25, 0.3) is 5.56 Å². The lowest BCUT2D eigenvalue weighted by molar-refractivity contribution is 0.269. The summed E-state index contributed by atoms with van der Waals surface area (Å²) >= 11 is 0. The zero-order valence-corrected chi connectivity index (χ0v) is 16.0. The van der Waals surface area contributed by atoms with Crippen LogP contribution in [-0.4, -0.2) is 22.2 Å². The smallest absolute Gasteiger partial charge is 0.260 e. The number of fused-ring (bicyclic) bond motifs is 3. The minimum atomic E-state index is -0.0488. The van der Waals surface area contributed by atoms with Crippen LogP contribution < -0.4 is 16.0 Å². The van der Waals surface area contributed by atoms with Crippen LogP contribution in [0.25, 0.3) is 21.7 Å². The van der Waals surface area contributed by atoms with E-state index in [1.165, 1.54) is 0 Å². The highest BCUT2D eigenvalue weighted by molar-refractivity contribution is 6.05. The second-order valence-electron chi connectivity index (χ2n) is 7.32. The predicted molar refractivity (Wildman–Crippen MR) is 107 cm³/mol. The van der Waals surface area contributed by atoms with Crippen molar-refractivity contribution in [3.63, 3.8) is 0 Å². The molecule has 0 aliphatic rings. The Morgan fingerprint density at radius 3 is 2.69 bits per heavy atom. The van der Waals surface area contributed by atoms with Crippen molar-refractivity contribution in [2.75, 3.05) is 6.61 Å². The summed E-state index contributed by atoms with van der Waals surface area (Å²) in [6, 6.07) is 6.00. The molecule has 26 heavy (non-hydrogen) atoms. The summed E-state index contributed by atoms with van der Waals surface area (Å²) in [4.78, 5) is 16.8. The van der Waals surface area contributed by atoms with Gasteiger partial charge in [0.2, 0.25) is 0 Å². The van der Waals surface area contributed by atoms with Crippen LogP contribution in [-0.2, 0) is 13.5 Å². The highest BCUT2D eigenvalue weighted by Gasteiger charge is 2.14. The number of hydrogen-bond acceptors (Lipinski definition) is 4. The average molecular weight is 353 g/mol. The number of nitrogens with zero attached hydrogens (tertiary/aromatic N) is 2. The SMILES string of the molecule is CCc1cc2c3ccncc3c(=O)n(C)c2cc1OCC(N)CC(C)C. The Kier molecular flexibility index (Phi) is 5.28. The maximum absolute atomic E-state index is 12.7. The first-order valence-electron chi connectivity index (χ1n) is 9.20. The first-order chi connectivity index (χ1) is 12.4. The lowest BCUT2D eigenvalue weighted by Crippen LogP contribution is -2.29. The molecule has 0 aliphatic heterocycles. The van der Waals surface area contributed by atoms with E-state index in [-0.39, 0.29) is 11.6 Å². The van der Waals surface area contributed by atoms with Crippen LogP contribution in [0.1, 0.15) is 32.8 Å². The topological polar surface area (TPSA) is 70.1 Å². The van der Waals surface area contributed by atoms with Crippen molar-refractivity contribution >= 4 is 21.7 Å². The largest absolute Gasteiger partial charge is 0.492 e. The van der Waals surface area contributed by atoms with E-state index in [1.807, 2.05) is 12.1 Å². The van der Waals surface area contributed by atoms with Crippen LogP contribution in [0, 0.1) is 5.92 Å². The standard InChI is InChI=1S/C21H27N3O2/c1-5-14-9-17-16-6-7-23-11-18(16)21(25)24(4)19(17)10-20(14)26-12-15(22)8-13(2)3/h6-7,9-11,13,15H,5,8,12,22H2,1-4H3. The molecule has 0 radical (unpaired) electrons. The molecule has 0 saturated carbocycles. The summed E-state index contributed by atoms with van der Waals surface area (Å²) in [5.74, 6) is 1.35. The van der Waals surface area contributed by atoms with Crippen molar-refractivity contribution < 1.29 is 4.74 Å². The zero-order valence-electron chi connectivity index (χ0n) is 16.0. The summed E-state index contributed by atoms with van der Waals surface area (Å²) in [6.07, 6.45) is 5.13. The van der Waals surface area contributed by atoms with Crippen molar-refractivity contribution in [2.24, 2.45) is 18.7 Å². The number of nitrogens with two attached hydrogens (primary N) is 1. The normalized spacial score (nSPS) is 12.8. The molecular weight excluding hydrogens is 326 g/mol. The Morgan fingerprint density at radius 1 is 1.23 bits per heavy atom. The van der Waals surface area contributed by atoms with Gasteiger partial charge in [-0.1, -0.05) is 20.8 Å². The maximum atomic E-state index is 12.7. The van der Waals surface area contributed by atoms with Crippen LogP contribution in [0.4, 0.5) is 0 Å². The molecule has 2 N–H and O–H groups in total. The van der Waals surface area contributed by atoms with Crippen molar-refractivity contribution in [3.05, 3.63) is 46.5 Å². The van der Waals surface area contributed by atoms with Gasteiger partial charge in [-0.3, -0.25) is 9.78 Å². The lowest BCUT2D eigenvalue weighted by atomic mass is 10.0. The third-order valence-electron chi connectivity index (χ3n) is 4.79. The van der Waals surface area contributed by atoms with Crippen LogP contribution in [0.3, 0.4) is 0 Å². The summed E-state index contributed by atoms with van der Waals surface area (Å²) in [5, 5.41) is 2.60. The van der Waals surface area contributed by atoms with Gasteiger partial charge in [0, 0.05) is 36.9 Å². The number of benzene rings is 1. The summed E-state index contributed by atoms with van der Waals surface area (Å²) in [6.45, 7) is 6.89. The number of aryl methyl sites for hydroxylation is 2. The first kappa shape index (κ1) is 18.4. The molecule has 1 unspecified atom stereocenters. The molecule has 2 aromatic heterocycles. The number of ether oxygens (including phenoxy) is 1. The fourth-order valence-electron chi connectivity index (χ4n) is 3.48. The van der Waals surface area contributed by atoms with Crippen LogP contribution in [0.15, 0.2) is 35.4 Å². The van der Waals surface area contributed by atoms with Crippen LogP contribution >= 0.6 is 0 Å². The Morgan fingerprint density at radius 2 is 2.00 bits per heavy atom. The molecule has 5 heteroatoms. The Labute approximate surface area is 153 Å². The maximum Gasteiger partial charge on any atom is 0.260 e. The second kappa shape index (κ2) is 7.46.